The average Bonchev–Trinajstić information content (AvgIpc) is 2.98. The van der Waals surface area contributed by atoms with E-state index in [9.17, 15) is 4.79 Å². The summed E-state index contributed by atoms with van der Waals surface area (Å²) in [5, 5.41) is 8.78. The molecule has 80 valence electrons. The van der Waals surface area contributed by atoms with Crippen molar-refractivity contribution in [2.45, 2.75) is 26.2 Å². The lowest BCUT2D eigenvalue weighted by Gasteiger charge is -2.01. The van der Waals surface area contributed by atoms with Crippen LogP contribution in [0.1, 0.15) is 24.5 Å². The maximum absolute atomic E-state index is 10.7. The molecule has 2 atom stereocenters. The van der Waals surface area contributed by atoms with Crippen molar-refractivity contribution in [2.75, 3.05) is 0 Å². The standard InChI is InChI=1S/C13H16O2/c1-2-9-3-5-10(6-4-9)7-11-8-12(11)13(14)15/h3-6,11-12H,2,7-8H2,1H3,(H,14,15)/t11-,12-/m1/s1. The van der Waals surface area contributed by atoms with Gasteiger partial charge in [0.2, 0.25) is 0 Å². The largest absolute Gasteiger partial charge is 0.481 e. The van der Waals surface area contributed by atoms with Gasteiger partial charge in [0, 0.05) is 0 Å². The van der Waals surface area contributed by atoms with Crippen LogP contribution in [0.2, 0.25) is 0 Å². The van der Waals surface area contributed by atoms with Crippen LogP contribution in [0, 0.1) is 11.8 Å². The zero-order valence-corrected chi connectivity index (χ0v) is 8.94. The second-order valence-electron chi connectivity index (χ2n) is 4.31. The van der Waals surface area contributed by atoms with E-state index in [0.29, 0.717) is 5.92 Å². The molecule has 0 unspecified atom stereocenters. The molecule has 1 aromatic carbocycles. The van der Waals surface area contributed by atoms with E-state index in [1.807, 2.05) is 0 Å². The normalized spacial score (nSPS) is 23.8. The van der Waals surface area contributed by atoms with Gasteiger partial charge >= 0.3 is 5.97 Å². The Bertz CT molecular complexity index is 353. The predicted octanol–water partition coefficient (Wildman–Crippen LogP) is 2.51. The summed E-state index contributed by atoms with van der Waals surface area (Å²) in [4.78, 5) is 10.7. The highest BCUT2D eigenvalue weighted by Gasteiger charge is 2.42. The lowest BCUT2D eigenvalue weighted by Crippen LogP contribution is -2.01. The fourth-order valence-electron chi connectivity index (χ4n) is 1.99. The van der Waals surface area contributed by atoms with Gasteiger partial charge in [-0.2, -0.15) is 0 Å². The van der Waals surface area contributed by atoms with Crippen LogP contribution in [0.25, 0.3) is 0 Å². The van der Waals surface area contributed by atoms with Gasteiger partial charge < -0.3 is 5.11 Å². The summed E-state index contributed by atoms with van der Waals surface area (Å²) in [6, 6.07) is 8.51. The van der Waals surface area contributed by atoms with Crippen LogP contribution in [0.15, 0.2) is 24.3 Å². The van der Waals surface area contributed by atoms with E-state index < -0.39 is 5.97 Å². The van der Waals surface area contributed by atoms with E-state index in [-0.39, 0.29) is 5.92 Å². The molecule has 0 radical (unpaired) electrons. The van der Waals surface area contributed by atoms with E-state index in [2.05, 4.69) is 31.2 Å². The lowest BCUT2D eigenvalue weighted by atomic mass is 10.0. The number of carboxylic acids is 1. The highest BCUT2D eigenvalue weighted by molar-refractivity contribution is 5.73. The Morgan fingerprint density at radius 2 is 1.93 bits per heavy atom. The molecular weight excluding hydrogens is 188 g/mol. The number of hydrogen-bond acceptors (Lipinski definition) is 1. The summed E-state index contributed by atoms with van der Waals surface area (Å²) in [6.45, 7) is 2.14. The Kier molecular flexibility index (Phi) is 2.76. The molecule has 15 heavy (non-hydrogen) atoms. The Hall–Kier alpha value is -1.31. The second kappa shape index (κ2) is 4.05. The molecule has 0 aliphatic heterocycles. The molecule has 1 saturated carbocycles. The summed E-state index contributed by atoms with van der Waals surface area (Å²) >= 11 is 0. The van der Waals surface area contributed by atoms with E-state index in [1.165, 1.54) is 11.1 Å². The number of carbonyl (C=O) groups is 1. The number of carboxylic acid groups (broad SMARTS) is 1. The number of benzene rings is 1. The minimum Gasteiger partial charge on any atom is -0.481 e. The van der Waals surface area contributed by atoms with Crippen LogP contribution in [-0.2, 0) is 17.6 Å². The van der Waals surface area contributed by atoms with E-state index in [0.717, 1.165) is 19.3 Å². The quantitative estimate of drug-likeness (QED) is 0.818. The zero-order chi connectivity index (χ0) is 10.8. The third-order valence-corrected chi connectivity index (χ3v) is 3.17. The molecule has 0 amide bonds. The minimum absolute atomic E-state index is 0.0872. The first-order valence-corrected chi connectivity index (χ1v) is 5.51. The summed E-state index contributed by atoms with van der Waals surface area (Å²) in [7, 11) is 0. The van der Waals surface area contributed by atoms with Crippen molar-refractivity contribution in [2.24, 2.45) is 11.8 Å². The van der Waals surface area contributed by atoms with Crippen LogP contribution in [0.3, 0.4) is 0 Å². The second-order valence-corrected chi connectivity index (χ2v) is 4.31. The highest BCUT2D eigenvalue weighted by atomic mass is 16.4. The van der Waals surface area contributed by atoms with Crippen molar-refractivity contribution in [1.82, 2.24) is 0 Å². The van der Waals surface area contributed by atoms with Crippen molar-refractivity contribution < 1.29 is 9.90 Å². The lowest BCUT2D eigenvalue weighted by molar-refractivity contribution is -0.138. The number of aryl methyl sites for hydroxylation is 1. The summed E-state index contributed by atoms with van der Waals surface area (Å²) < 4.78 is 0. The fourth-order valence-corrected chi connectivity index (χ4v) is 1.99. The van der Waals surface area contributed by atoms with Crippen molar-refractivity contribution >= 4 is 5.97 Å². The van der Waals surface area contributed by atoms with Gasteiger partial charge in [0.1, 0.15) is 0 Å². The fraction of sp³-hybridized carbons (Fsp3) is 0.462. The molecular formula is C13H16O2. The molecule has 1 fully saturated rings. The molecule has 2 nitrogen and oxygen atoms in total. The molecule has 2 heteroatoms. The third kappa shape index (κ3) is 2.38. The first-order chi connectivity index (χ1) is 7.20. The zero-order valence-electron chi connectivity index (χ0n) is 8.94. The van der Waals surface area contributed by atoms with Crippen molar-refractivity contribution in [1.29, 1.82) is 0 Å². The van der Waals surface area contributed by atoms with Crippen molar-refractivity contribution in [3.05, 3.63) is 35.4 Å². The molecule has 1 aliphatic carbocycles. The first-order valence-electron chi connectivity index (χ1n) is 5.51. The van der Waals surface area contributed by atoms with Gasteiger partial charge in [-0.1, -0.05) is 31.2 Å². The average molecular weight is 204 g/mol. The van der Waals surface area contributed by atoms with Crippen LogP contribution < -0.4 is 0 Å². The minimum atomic E-state index is -0.634. The van der Waals surface area contributed by atoms with Crippen molar-refractivity contribution in [3.63, 3.8) is 0 Å². The van der Waals surface area contributed by atoms with E-state index in [4.69, 9.17) is 5.11 Å². The van der Waals surface area contributed by atoms with Gasteiger partial charge in [-0.15, -0.1) is 0 Å². The molecule has 0 spiro atoms. The first kappa shape index (κ1) is 10.2. The Morgan fingerprint density at radius 1 is 1.33 bits per heavy atom. The molecule has 1 aliphatic rings. The number of hydrogen-bond donors (Lipinski definition) is 1. The van der Waals surface area contributed by atoms with E-state index in [1.54, 1.807) is 0 Å². The van der Waals surface area contributed by atoms with E-state index >= 15 is 0 Å². The maximum Gasteiger partial charge on any atom is 0.306 e. The SMILES string of the molecule is CCc1ccc(C[C@@H]2C[C@H]2C(=O)O)cc1. The highest BCUT2D eigenvalue weighted by Crippen LogP contribution is 2.41. The van der Waals surface area contributed by atoms with Gasteiger partial charge in [0.15, 0.2) is 0 Å². The summed E-state index contributed by atoms with van der Waals surface area (Å²) in [5.74, 6) is -0.351. The smallest absolute Gasteiger partial charge is 0.306 e. The summed E-state index contributed by atoms with van der Waals surface area (Å²) in [6.07, 6.45) is 2.83. The van der Waals surface area contributed by atoms with Crippen molar-refractivity contribution in [3.8, 4) is 0 Å². The molecule has 0 bridgehead atoms. The maximum atomic E-state index is 10.7. The molecule has 2 rings (SSSR count). The van der Waals surface area contributed by atoms with Crippen LogP contribution in [-0.4, -0.2) is 11.1 Å². The molecule has 1 aromatic rings. The topological polar surface area (TPSA) is 37.3 Å². The molecule has 0 heterocycles. The van der Waals surface area contributed by atoms with Crippen LogP contribution in [0.4, 0.5) is 0 Å². The van der Waals surface area contributed by atoms with Gasteiger partial charge in [0.05, 0.1) is 5.92 Å². The molecule has 0 saturated heterocycles. The van der Waals surface area contributed by atoms with Gasteiger partial charge in [-0.25, -0.2) is 0 Å². The Labute approximate surface area is 89.9 Å². The van der Waals surface area contributed by atoms with Gasteiger partial charge in [-0.3, -0.25) is 4.79 Å². The monoisotopic (exact) mass is 204 g/mol. The van der Waals surface area contributed by atoms with Crippen LogP contribution in [0.5, 0.6) is 0 Å². The summed E-state index contributed by atoms with van der Waals surface area (Å²) in [5.41, 5.74) is 2.60. The number of rotatable bonds is 4. The van der Waals surface area contributed by atoms with Crippen LogP contribution >= 0.6 is 0 Å². The van der Waals surface area contributed by atoms with Gasteiger partial charge in [0.25, 0.3) is 0 Å². The predicted molar refractivity (Wildman–Crippen MR) is 58.8 cm³/mol. The van der Waals surface area contributed by atoms with Gasteiger partial charge in [-0.05, 0) is 36.3 Å². The number of aliphatic carboxylic acids is 1. The molecule has 1 N–H and O–H groups in total. The Balaban J connectivity index is 1.92. The molecule has 0 aromatic heterocycles. The Morgan fingerprint density at radius 3 is 2.40 bits per heavy atom. The third-order valence-electron chi connectivity index (χ3n) is 3.17.